The van der Waals surface area contributed by atoms with Crippen LogP contribution in [0.5, 0.6) is 5.75 Å². The molecule has 3 rings (SSSR count). The smallest absolute Gasteiger partial charge is 0.229 e. The van der Waals surface area contributed by atoms with Crippen molar-refractivity contribution in [1.29, 1.82) is 0 Å². The van der Waals surface area contributed by atoms with Crippen LogP contribution < -0.4 is 15.0 Å². The van der Waals surface area contributed by atoms with Gasteiger partial charge in [0.05, 0.1) is 18.7 Å². The van der Waals surface area contributed by atoms with Crippen LogP contribution in [0.1, 0.15) is 12.0 Å². The fourth-order valence-corrected chi connectivity index (χ4v) is 3.36. The fraction of sp³-hybridized carbons (Fsp3) is 0.263. The summed E-state index contributed by atoms with van der Waals surface area (Å²) in [7, 11) is 1.52. The van der Waals surface area contributed by atoms with E-state index in [4.69, 9.17) is 27.9 Å². The van der Waals surface area contributed by atoms with Crippen molar-refractivity contribution in [2.45, 2.75) is 13.3 Å². The maximum absolute atomic E-state index is 12.7. The van der Waals surface area contributed by atoms with E-state index in [9.17, 15) is 9.59 Å². The van der Waals surface area contributed by atoms with E-state index in [1.807, 2.05) is 13.0 Å². The summed E-state index contributed by atoms with van der Waals surface area (Å²) in [6.45, 7) is 2.16. The molecule has 7 heteroatoms. The number of ether oxygens (including phenoxy) is 1. The summed E-state index contributed by atoms with van der Waals surface area (Å²) < 4.78 is 5.24. The maximum atomic E-state index is 12.7. The molecular weight excluding hydrogens is 375 g/mol. The monoisotopic (exact) mass is 392 g/mol. The highest BCUT2D eigenvalue weighted by molar-refractivity contribution is 6.32. The third-order valence-corrected chi connectivity index (χ3v) is 5.09. The molecule has 2 aromatic carbocycles. The number of halogens is 2. The van der Waals surface area contributed by atoms with Crippen LogP contribution in [-0.4, -0.2) is 25.5 Å². The first-order valence-corrected chi connectivity index (χ1v) is 8.86. The van der Waals surface area contributed by atoms with Crippen molar-refractivity contribution in [3.8, 4) is 5.75 Å². The number of hydrogen-bond donors (Lipinski definition) is 1. The van der Waals surface area contributed by atoms with E-state index < -0.39 is 5.92 Å². The molecule has 1 N–H and O–H groups in total. The summed E-state index contributed by atoms with van der Waals surface area (Å²) in [5, 5.41) is 3.89. The maximum Gasteiger partial charge on any atom is 0.229 e. The van der Waals surface area contributed by atoms with Crippen molar-refractivity contribution in [2.24, 2.45) is 5.92 Å². The van der Waals surface area contributed by atoms with E-state index in [1.165, 1.54) is 7.11 Å². The summed E-state index contributed by atoms with van der Waals surface area (Å²) in [6.07, 6.45) is 0.140. The number of hydrogen-bond acceptors (Lipinski definition) is 3. The van der Waals surface area contributed by atoms with Gasteiger partial charge in [0.15, 0.2) is 0 Å². The van der Waals surface area contributed by atoms with Crippen LogP contribution in [0.4, 0.5) is 11.4 Å². The lowest BCUT2D eigenvalue weighted by atomic mass is 10.1. The van der Waals surface area contributed by atoms with E-state index in [2.05, 4.69) is 5.32 Å². The third-order valence-electron chi connectivity index (χ3n) is 4.45. The molecule has 0 spiro atoms. The van der Waals surface area contributed by atoms with Crippen molar-refractivity contribution in [3.05, 3.63) is 52.0 Å². The number of carbonyl (C=O) groups excluding carboxylic acids is 2. The highest BCUT2D eigenvalue weighted by Crippen LogP contribution is 2.33. The lowest BCUT2D eigenvalue weighted by molar-refractivity contribution is -0.122. The molecule has 0 aromatic heterocycles. The molecule has 0 bridgehead atoms. The molecule has 26 heavy (non-hydrogen) atoms. The summed E-state index contributed by atoms with van der Waals surface area (Å²) in [5.74, 6) is -0.311. The Morgan fingerprint density at radius 3 is 2.77 bits per heavy atom. The van der Waals surface area contributed by atoms with Crippen molar-refractivity contribution >= 4 is 46.4 Å². The van der Waals surface area contributed by atoms with Gasteiger partial charge < -0.3 is 15.0 Å². The standard InChI is InChI=1S/C19H18Cl2N2O3/c1-11-14(21)4-3-5-16(11)23-10-12(8-18(23)24)19(25)22-15-9-13(20)6-7-17(15)26-2/h3-7,9,12H,8,10H2,1-2H3,(H,22,25). The van der Waals surface area contributed by atoms with Crippen LogP contribution in [0.3, 0.4) is 0 Å². The van der Waals surface area contributed by atoms with Gasteiger partial charge in [-0.2, -0.15) is 0 Å². The van der Waals surface area contributed by atoms with Gasteiger partial charge in [-0.15, -0.1) is 0 Å². The molecule has 1 aliphatic rings. The second-order valence-electron chi connectivity index (χ2n) is 6.12. The number of benzene rings is 2. The summed E-state index contributed by atoms with van der Waals surface area (Å²) in [6, 6.07) is 10.4. The zero-order valence-electron chi connectivity index (χ0n) is 14.4. The average Bonchev–Trinajstić information content (AvgIpc) is 2.99. The molecule has 5 nitrogen and oxygen atoms in total. The number of amides is 2. The quantitative estimate of drug-likeness (QED) is 0.843. The van der Waals surface area contributed by atoms with Gasteiger partial charge in [-0.1, -0.05) is 29.3 Å². The normalized spacial score (nSPS) is 16.7. The van der Waals surface area contributed by atoms with Crippen molar-refractivity contribution < 1.29 is 14.3 Å². The number of anilines is 2. The molecule has 1 heterocycles. The number of carbonyl (C=O) groups is 2. The summed E-state index contributed by atoms with van der Waals surface area (Å²) >= 11 is 12.1. The topological polar surface area (TPSA) is 58.6 Å². The van der Waals surface area contributed by atoms with Gasteiger partial charge in [0.1, 0.15) is 5.75 Å². The third kappa shape index (κ3) is 3.64. The van der Waals surface area contributed by atoms with E-state index >= 15 is 0 Å². The fourth-order valence-electron chi connectivity index (χ4n) is 3.02. The number of rotatable bonds is 4. The molecule has 2 aromatic rings. The zero-order chi connectivity index (χ0) is 18.8. The van der Waals surface area contributed by atoms with E-state index in [1.54, 1.807) is 35.2 Å². The van der Waals surface area contributed by atoms with Crippen LogP contribution >= 0.6 is 23.2 Å². The molecular formula is C19H18Cl2N2O3. The largest absolute Gasteiger partial charge is 0.495 e. The Balaban J connectivity index is 1.77. The molecule has 2 amide bonds. The minimum Gasteiger partial charge on any atom is -0.495 e. The van der Waals surface area contributed by atoms with Crippen LogP contribution in [0.15, 0.2) is 36.4 Å². The van der Waals surface area contributed by atoms with Crippen molar-refractivity contribution in [1.82, 2.24) is 0 Å². The lowest BCUT2D eigenvalue weighted by Crippen LogP contribution is -2.28. The van der Waals surface area contributed by atoms with Crippen LogP contribution in [-0.2, 0) is 9.59 Å². The van der Waals surface area contributed by atoms with Gasteiger partial charge in [-0.25, -0.2) is 0 Å². The molecule has 1 atom stereocenters. The Hall–Kier alpha value is -2.24. The molecule has 1 fully saturated rings. The second kappa shape index (κ2) is 7.56. The van der Waals surface area contributed by atoms with Gasteiger partial charge in [-0.05, 0) is 42.8 Å². The lowest BCUT2D eigenvalue weighted by Gasteiger charge is -2.20. The van der Waals surface area contributed by atoms with Gasteiger partial charge in [-0.3, -0.25) is 9.59 Å². The Morgan fingerprint density at radius 2 is 2.04 bits per heavy atom. The summed E-state index contributed by atoms with van der Waals surface area (Å²) in [4.78, 5) is 26.7. The second-order valence-corrected chi connectivity index (χ2v) is 6.97. The molecule has 1 aliphatic heterocycles. The Kier molecular flexibility index (Phi) is 5.39. The van der Waals surface area contributed by atoms with Gasteiger partial charge >= 0.3 is 0 Å². The van der Waals surface area contributed by atoms with E-state index in [-0.39, 0.29) is 18.2 Å². The summed E-state index contributed by atoms with van der Waals surface area (Å²) in [5.41, 5.74) is 2.04. The minimum atomic E-state index is -0.468. The molecule has 0 radical (unpaired) electrons. The first-order chi connectivity index (χ1) is 12.4. The average molecular weight is 393 g/mol. The first kappa shape index (κ1) is 18.5. The molecule has 136 valence electrons. The van der Waals surface area contributed by atoms with Gasteiger partial charge in [0.25, 0.3) is 0 Å². The predicted octanol–water partition coefficient (Wildman–Crippen LogP) is 4.30. The Labute approximate surface area is 161 Å². The van der Waals surface area contributed by atoms with E-state index in [0.29, 0.717) is 28.0 Å². The van der Waals surface area contributed by atoms with Crippen LogP contribution in [0, 0.1) is 12.8 Å². The Bertz CT molecular complexity index is 870. The van der Waals surface area contributed by atoms with Gasteiger partial charge in [0, 0.05) is 28.7 Å². The predicted molar refractivity (Wildman–Crippen MR) is 103 cm³/mol. The zero-order valence-corrected chi connectivity index (χ0v) is 15.9. The highest BCUT2D eigenvalue weighted by atomic mass is 35.5. The number of nitrogens with zero attached hydrogens (tertiary/aromatic N) is 1. The van der Waals surface area contributed by atoms with Crippen LogP contribution in [0.25, 0.3) is 0 Å². The minimum absolute atomic E-state index is 0.103. The molecule has 0 aliphatic carbocycles. The number of methoxy groups -OCH3 is 1. The number of nitrogens with one attached hydrogen (secondary N) is 1. The van der Waals surface area contributed by atoms with Crippen LogP contribution in [0.2, 0.25) is 10.0 Å². The molecule has 1 saturated heterocycles. The van der Waals surface area contributed by atoms with Crippen molar-refractivity contribution in [2.75, 3.05) is 23.9 Å². The highest BCUT2D eigenvalue weighted by Gasteiger charge is 2.36. The SMILES string of the molecule is COc1ccc(Cl)cc1NC(=O)C1CC(=O)N(c2cccc(Cl)c2C)C1. The first-order valence-electron chi connectivity index (χ1n) is 8.10. The van der Waals surface area contributed by atoms with Crippen molar-refractivity contribution in [3.63, 3.8) is 0 Å². The van der Waals surface area contributed by atoms with E-state index in [0.717, 1.165) is 11.3 Å². The molecule has 0 saturated carbocycles. The Morgan fingerprint density at radius 1 is 1.27 bits per heavy atom. The molecule has 1 unspecified atom stereocenters. The van der Waals surface area contributed by atoms with Gasteiger partial charge in [0.2, 0.25) is 11.8 Å².